The van der Waals surface area contributed by atoms with Crippen LogP contribution >= 0.6 is 0 Å². The van der Waals surface area contributed by atoms with E-state index in [2.05, 4.69) is 20.0 Å². The molecule has 3 rings (SSSR count). The first-order chi connectivity index (χ1) is 10.7. The summed E-state index contributed by atoms with van der Waals surface area (Å²) in [6.07, 6.45) is 4.31. The molecule has 1 aliphatic heterocycles. The topological polar surface area (TPSA) is 67.2 Å². The van der Waals surface area contributed by atoms with Crippen molar-refractivity contribution in [3.05, 3.63) is 35.9 Å². The van der Waals surface area contributed by atoms with E-state index >= 15 is 0 Å². The zero-order valence-corrected chi connectivity index (χ0v) is 12.9. The van der Waals surface area contributed by atoms with Gasteiger partial charge in [0.1, 0.15) is 5.69 Å². The number of carbonyl (C=O) groups is 1. The molecule has 0 N–H and O–H groups in total. The van der Waals surface area contributed by atoms with Gasteiger partial charge in [-0.05, 0) is 18.6 Å². The zero-order chi connectivity index (χ0) is 15.5. The third-order valence-corrected chi connectivity index (χ3v) is 3.91. The van der Waals surface area contributed by atoms with Crippen LogP contribution in [0.15, 0.2) is 24.5 Å². The van der Waals surface area contributed by atoms with E-state index in [9.17, 15) is 4.79 Å². The van der Waals surface area contributed by atoms with Crippen LogP contribution in [0.1, 0.15) is 23.1 Å². The van der Waals surface area contributed by atoms with Crippen molar-refractivity contribution in [2.45, 2.75) is 13.3 Å². The van der Waals surface area contributed by atoms with Crippen molar-refractivity contribution < 1.29 is 4.79 Å². The highest BCUT2D eigenvalue weighted by atomic mass is 16.2. The predicted octanol–water partition coefficient (Wildman–Crippen LogP) is 0.735. The normalized spacial score (nSPS) is 15.2. The Balaban J connectivity index is 1.66. The molecule has 1 fully saturated rings. The molecule has 7 heteroatoms. The number of piperazine rings is 1. The summed E-state index contributed by atoms with van der Waals surface area (Å²) in [6.45, 7) is 4.87. The Hall–Kier alpha value is -2.44. The smallest absolute Gasteiger partial charge is 0.272 e. The van der Waals surface area contributed by atoms with Crippen LogP contribution in [0.5, 0.6) is 0 Å². The summed E-state index contributed by atoms with van der Waals surface area (Å²) >= 11 is 0. The summed E-state index contributed by atoms with van der Waals surface area (Å²) in [4.78, 5) is 25.1. The van der Waals surface area contributed by atoms with Crippen molar-refractivity contribution >= 4 is 11.9 Å². The van der Waals surface area contributed by atoms with Gasteiger partial charge in [-0.15, -0.1) is 0 Å². The molecular formula is C15H20N6O. The lowest BCUT2D eigenvalue weighted by molar-refractivity contribution is 0.0735. The van der Waals surface area contributed by atoms with Crippen LogP contribution in [-0.2, 0) is 13.5 Å². The molecule has 0 saturated carbocycles. The van der Waals surface area contributed by atoms with Gasteiger partial charge in [0.25, 0.3) is 5.91 Å². The lowest BCUT2D eigenvalue weighted by Crippen LogP contribution is -2.49. The fourth-order valence-electron chi connectivity index (χ4n) is 2.63. The molecule has 0 unspecified atom stereocenters. The van der Waals surface area contributed by atoms with Gasteiger partial charge >= 0.3 is 0 Å². The number of rotatable bonds is 3. The van der Waals surface area contributed by atoms with Crippen LogP contribution in [0.25, 0.3) is 0 Å². The van der Waals surface area contributed by atoms with Crippen LogP contribution in [0.3, 0.4) is 0 Å². The maximum absolute atomic E-state index is 12.6. The molecule has 0 atom stereocenters. The Morgan fingerprint density at radius 1 is 1.18 bits per heavy atom. The quantitative estimate of drug-likeness (QED) is 0.836. The van der Waals surface area contributed by atoms with Crippen LogP contribution in [-0.4, -0.2) is 56.7 Å². The Morgan fingerprint density at radius 3 is 2.45 bits per heavy atom. The fourth-order valence-corrected chi connectivity index (χ4v) is 2.63. The van der Waals surface area contributed by atoms with Crippen LogP contribution < -0.4 is 4.90 Å². The van der Waals surface area contributed by atoms with E-state index in [1.54, 1.807) is 23.1 Å². The van der Waals surface area contributed by atoms with E-state index in [4.69, 9.17) is 0 Å². The second kappa shape index (κ2) is 6.13. The number of amides is 1. The van der Waals surface area contributed by atoms with Gasteiger partial charge in [0.05, 0.1) is 5.69 Å². The second-order valence-electron chi connectivity index (χ2n) is 5.33. The van der Waals surface area contributed by atoms with Gasteiger partial charge in [-0.1, -0.05) is 6.92 Å². The molecule has 7 nitrogen and oxygen atoms in total. The molecule has 0 spiro atoms. The molecule has 116 valence electrons. The minimum absolute atomic E-state index is 0.0448. The third-order valence-electron chi connectivity index (χ3n) is 3.91. The first-order valence-corrected chi connectivity index (χ1v) is 7.53. The number of anilines is 1. The number of hydrogen-bond donors (Lipinski definition) is 0. The summed E-state index contributed by atoms with van der Waals surface area (Å²) in [5.41, 5.74) is 1.60. The Bertz CT molecular complexity index is 645. The summed E-state index contributed by atoms with van der Waals surface area (Å²) in [5, 5.41) is 4.35. The van der Waals surface area contributed by atoms with Crippen molar-refractivity contribution in [1.82, 2.24) is 24.6 Å². The largest absolute Gasteiger partial charge is 0.337 e. The van der Waals surface area contributed by atoms with Gasteiger partial charge in [-0.3, -0.25) is 9.48 Å². The summed E-state index contributed by atoms with van der Waals surface area (Å²) in [7, 11) is 1.82. The summed E-state index contributed by atoms with van der Waals surface area (Å²) < 4.78 is 1.67. The van der Waals surface area contributed by atoms with E-state index in [0.717, 1.165) is 31.2 Å². The SMILES string of the molecule is CCc1cc(C(=O)N2CCN(c3ncccn3)CC2)n(C)n1. The maximum Gasteiger partial charge on any atom is 0.272 e. The van der Waals surface area contributed by atoms with E-state index in [-0.39, 0.29) is 5.91 Å². The number of aromatic nitrogens is 4. The summed E-state index contributed by atoms with van der Waals surface area (Å²) in [6, 6.07) is 3.69. The molecule has 0 radical (unpaired) electrons. The van der Waals surface area contributed by atoms with Crippen molar-refractivity contribution in [2.24, 2.45) is 7.05 Å². The molecule has 2 aromatic heterocycles. The summed E-state index contributed by atoms with van der Waals surface area (Å²) in [5.74, 6) is 0.770. The van der Waals surface area contributed by atoms with E-state index < -0.39 is 0 Å². The zero-order valence-electron chi connectivity index (χ0n) is 12.9. The Labute approximate surface area is 129 Å². The third kappa shape index (κ3) is 2.79. The molecule has 0 bridgehead atoms. The van der Waals surface area contributed by atoms with Gasteiger partial charge in [-0.2, -0.15) is 5.10 Å². The van der Waals surface area contributed by atoms with Crippen molar-refractivity contribution in [3.63, 3.8) is 0 Å². The maximum atomic E-state index is 12.6. The molecule has 0 aliphatic carbocycles. The Kier molecular flexibility index (Phi) is 4.04. The lowest BCUT2D eigenvalue weighted by Gasteiger charge is -2.34. The monoisotopic (exact) mass is 300 g/mol. The highest BCUT2D eigenvalue weighted by molar-refractivity contribution is 5.92. The van der Waals surface area contributed by atoms with Crippen molar-refractivity contribution in [3.8, 4) is 0 Å². The highest BCUT2D eigenvalue weighted by Crippen LogP contribution is 2.13. The first kappa shape index (κ1) is 14.5. The van der Waals surface area contributed by atoms with E-state index in [1.807, 2.05) is 24.9 Å². The number of nitrogens with zero attached hydrogens (tertiary/aromatic N) is 6. The van der Waals surface area contributed by atoms with Gasteiger partial charge in [0.2, 0.25) is 5.95 Å². The second-order valence-corrected chi connectivity index (χ2v) is 5.33. The van der Waals surface area contributed by atoms with Crippen LogP contribution in [0.2, 0.25) is 0 Å². The van der Waals surface area contributed by atoms with Crippen molar-refractivity contribution in [2.75, 3.05) is 31.1 Å². The molecular weight excluding hydrogens is 280 g/mol. The molecule has 2 aromatic rings. The van der Waals surface area contributed by atoms with Gasteiger partial charge in [0.15, 0.2) is 0 Å². The Morgan fingerprint density at radius 2 is 1.86 bits per heavy atom. The molecule has 3 heterocycles. The van der Waals surface area contributed by atoms with E-state index in [0.29, 0.717) is 18.8 Å². The standard InChI is InChI=1S/C15H20N6O/c1-3-12-11-13(19(2)18-12)14(22)20-7-9-21(10-8-20)15-16-5-4-6-17-15/h4-6,11H,3,7-10H2,1-2H3. The minimum atomic E-state index is 0.0448. The number of carbonyl (C=O) groups excluding carboxylic acids is 1. The van der Waals surface area contributed by atoms with Gasteiger partial charge in [-0.25, -0.2) is 9.97 Å². The van der Waals surface area contributed by atoms with Crippen molar-refractivity contribution in [1.29, 1.82) is 0 Å². The van der Waals surface area contributed by atoms with E-state index in [1.165, 1.54) is 0 Å². The molecule has 0 aromatic carbocycles. The average molecular weight is 300 g/mol. The minimum Gasteiger partial charge on any atom is -0.337 e. The average Bonchev–Trinajstić information content (AvgIpc) is 2.96. The van der Waals surface area contributed by atoms with Crippen LogP contribution in [0, 0.1) is 0 Å². The van der Waals surface area contributed by atoms with Gasteiger partial charge < -0.3 is 9.80 Å². The van der Waals surface area contributed by atoms with Gasteiger partial charge in [0, 0.05) is 45.6 Å². The fraction of sp³-hybridized carbons (Fsp3) is 0.467. The lowest BCUT2D eigenvalue weighted by atomic mass is 10.2. The first-order valence-electron chi connectivity index (χ1n) is 7.53. The predicted molar refractivity (Wildman–Crippen MR) is 82.7 cm³/mol. The highest BCUT2D eigenvalue weighted by Gasteiger charge is 2.25. The molecule has 1 aliphatic rings. The molecule has 22 heavy (non-hydrogen) atoms. The number of hydrogen-bond acceptors (Lipinski definition) is 5. The molecule has 1 saturated heterocycles. The van der Waals surface area contributed by atoms with Crippen LogP contribution in [0.4, 0.5) is 5.95 Å². The molecule has 1 amide bonds. The number of aryl methyl sites for hydroxylation is 2.